The quantitative estimate of drug-likeness (QED) is 0.770. The van der Waals surface area contributed by atoms with Crippen molar-refractivity contribution in [2.75, 3.05) is 5.32 Å². The van der Waals surface area contributed by atoms with Crippen LogP contribution in [-0.4, -0.2) is 15.7 Å². The molecule has 124 valence electrons. The van der Waals surface area contributed by atoms with Crippen LogP contribution < -0.4 is 5.32 Å². The molecular weight excluding hydrogens is 312 g/mol. The van der Waals surface area contributed by atoms with Gasteiger partial charge < -0.3 is 5.32 Å². The van der Waals surface area contributed by atoms with E-state index < -0.39 is 0 Å². The van der Waals surface area contributed by atoms with Crippen molar-refractivity contribution < 1.29 is 4.79 Å². The normalized spacial score (nSPS) is 10.2. The van der Waals surface area contributed by atoms with E-state index in [0.717, 1.165) is 24.2 Å². The van der Waals surface area contributed by atoms with Crippen LogP contribution >= 0.6 is 0 Å². The number of para-hydroxylation sites is 1. The first-order chi connectivity index (χ1) is 12.2. The Hall–Kier alpha value is -3.39. The number of nitrogens with zero attached hydrogens (tertiary/aromatic N) is 3. The zero-order valence-electron chi connectivity index (χ0n) is 13.9. The largest absolute Gasteiger partial charge is 0.322 e. The van der Waals surface area contributed by atoms with Gasteiger partial charge in [-0.15, -0.1) is 0 Å². The smallest absolute Gasteiger partial charge is 0.259 e. The molecule has 1 aromatic heterocycles. The van der Waals surface area contributed by atoms with Crippen molar-refractivity contribution in [3.05, 3.63) is 77.6 Å². The lowest BCUT2D eigenvalue weighted by Gasteiger charge is -2.09. The van der Waals surface area contributed by atoms with Gasteiger partial charge in [-0.3, -0.25) is 4.79 Å². The molecule has 0 aliphatic heterocycles. The summed E-state index contributed by atoms with van der Waals surface area (Å²) in [6.07, 6.45) is 3.25. The molecule has 3 rings (SSSR count). The first-order valence-electron chi connectivity index (χ1n) is 8.16. The summed E-state index contributed by atoms with van der Waals surface area (Å²) < 4.78 is 1.81. The van der Waals surface area contributed by atoms with Gasteiger partial charge in [-0.2, -0.15) is 10.4 Å². The van der Waals surface area contributed by atoms with Gasteiger partial charge in [0.2, 0.25) is 0 Å². The minimum atomic E-state index is -0.222. The highest BCUT2D eigenvalue weighted by Crippen LogP contribution is 2.19. The monoisotopic (exact) mass is 330 g/mol. The molecular formula is C20H18N4O. The summed E-state index contributed by atoms with van der Waals surface area (Å²) in [4.78, 5) is 12.7. The Labute approximate surface area is 146 Å². The zero-order valence-corrected chi connectivity index (χ0v) is 13.9. The van der Waals surface area contributed by atoms with E-state index in [1.807, 2.05) is 35.0 Å². The molecule has 0 fully saturated rings. The molecule has 3 aromatic rings. The minimum absolute atomic E-state index is 0.222. The number of anilines is 1. The van der Waals surface area contributed by atoms with Gasteiger partial charge >= 0.3 is 0 Å². The third-order valence-electron chi connectivity index (χ3n) is 3.85. The van der Waals surface area contributed by atoms with Gasteiger partial charge in [-0.1, -0.05) is 37.6 Å². The van der Waals surface area contributed by atoms with Gasteiger partial charge in [0.25, 0.3) is 5.91 Å². The average molecular weight is 330 g/mol. The number of hydrogen-bond acceptors (Lipinski definition) is 3. The van der Waals surface area contributed by atoms with Crippen molar-refractivity contribution in [3.8, 4) is 11.8 Å². The summed E-state index contributed by atoms with van der Waals surface area (Å²) >= 11 is 0. The summed E-state index contributed by atoms with van der Waals surface area (Å²) in [6, 6.07) is 18.7. The fourth-order valence-corrected chi connectivity index (χ4v) is 2.70. The second kappa shape index (κ2) is 7.45. The number of nitriles is 1. The predicted molar refractivity (Wildman–Crippen MR) is 96.7 cm³/mol. The van der Waals surface area contributed by atoms with Crippen LogP contribution in [0.4, 0.5) is 5.69 Å². The fraction of sp³-hybridized carbons (Fsp3) is 0.150. The van der Waals surface area contributed by atoms with Crippen LogP contribution in [0.1, 0.15) is 35.0 Å². The number of hydrogen-bond donors (Lipinski definition) is 1. The molecule has 0 atom stereocenters. The lowest BCUT2D eigenvalue weighted by Crippen LogP contribution is -2.14. The minimum Gasteiger partial charge on any atom is -0.322 e. The van der Waals surface area contributed by atoms with Crippen LogP contribution in [0.2, 0.25) is 0 Å². The third-order valence-corrected chi connectivity index (χ3v) is 3.85. The van der Waals surface area contributed by atoms with Gasteiger partial charge in [0.1, 0.15) is 0 Å². The standard InChI is InChI=1S/C20H18N4O/c1-2-7-19-18(14-22-24(19)17-10-4-3-5-11-17)20(25)23-16-9-6-8-15(12-16)13-21/h3-6,8-12,14H,2,7H2,1H3,(H,23,25). The number of carbonyl (C=O) groups is 1. The van der Waals surface area contributed by atoms with E-state index in [9.17, 15) is 4.79 Å². The predicted octanol–water partition coefficient (Wildman–Crippen LogP) is 3.95. The van der Waals surface area contributed by atoms with Crippen molar-refractivity contribution in [3.63, 3.8) is 0 Å². The van der Waals surface area contributed by atoms with Crippen molar-refractivity contribution in [1.82, 2.24) is 9.78 Å². The highest BCUT2D eigenvalue weighted by atomic mass is 16.1. The van der Waals surface area contributed by atoms with E-state index in [1.54, 1.807) is 30.5 Å². The Kier molecular flexibility index (Phi) is 4.91. The van der Waals surface area contributed by atoms with Crippen LogP contribution in [0.5, 0.6) is 0 Å². The fourth-order valence-electron chi connectivity index (χ4n) is 2.70. The average Bonchev–Trinajstić information content (AvgIpc) is 3.07. The Bertz CT molecular complexity index is 922. The molecule has 25 heavy (non-hydrogen) atoms. The van der Waals surface area contributed by atoms with Crippen molar-refractivity contribution in [2.24, 2.45) is 0 Å². The van der Waals surface area contributed by atoms with E-state index in [0.29, 0.717) is 16.8 Å². The lowest BCUT2D eigenvalue weighted by atomic mass is 10.1. The Morgan fingerprint density at radius 2 is 2.00 bits per heavy atom. The Morgan fingerprint density at radius 1 is 1.20 bits per heavy atom. The maximum absolute atomic E-state index is 12.7. The molecule has 0 saturated carbocycles. The third kappa shape index (κ3) is 3.59. The topological polar surface area (TPSA) is 70.7 Å². The van der Waals surface area contributed by atoms with Crippen LogP contribution in [0, 0.1) is 11.3 Å². The number of amides is 1. The Balaban J connectivity index is 1.92. The van der Waals surface area contributed by atoms with Crippen LogP contribution in [-0.2, 0) is 6.42 Å². The van der Waals surface area contributed by atoms with Gasteiger partial charge in [0.15, 0.2) is 0 Å². The van der Waals surface area contributed by atoms with E-state index in [1.165, 1.54) is 0 Å². The number of rotatable bonds is 5. The Morgan fingerprint density at radius 3 is 2.72 bits per heavy atom. The highest BCUT2D eigenvalue weighted by Gasteiger charge is 2.18. The molecule has 0 bridgehead atoms. The molecule has 5 heteroatoms. The number of carbonyl (C=O) groups excluding carboxylic acids is 1. The van der Waals surface area contributed by atoms with Crippen LogP contribution in [0.3, 0.4) is 0 Å². The van der Waals surface area contributed by atoms with Crippen molar-refractivity contribution >= 4 is 11.6 Å². The van der Waals surface area contributed by atoms with Gasteiger partial charge in [-0.05, 0) is 36.8 Å². The molecule has 0 saturated heterocycles. The molecule has 5 nitrogen and oxygen atoms in total. The zero-order chi connectivity index (χ0) is 17.6. The number of benzene rings is 2. The SMILES string of the molecule is CCCc1c(C(=O)Nc2cccc(C#N)c2)cnn1-c1ccccc1. The number of nitrogens with one attached hydrogen (secondary N) is 1. The summed E-state index contributed by atoms with van der Waals surface area (Å²) in [5.74, 6) is -0.222. The van der Waals surface area contributed by atoms with Crippen LogP contribution in [0.15, 0.2) is 60.8 Å². The van der Waals surface area contributed by atoms with E-state index in [-0.39, 0.29) is 5.91 Å². The van der Waals surface area contributed by atoms with E-state index >= 15 is 0 Å². The molecule has 1 N–H and O–H groups in total. The second-order valence-electron chi connectivity index (χ2n) is 5.65. The van der Waals surface area contributed by atoms with E-state index in [2.05, 4.69) is 23.4 Å². The summed E-state index contributed by atoms with van der Waals surface area (Å²) in [5.41, 5.74) is 3.46. The molecule has 2 aromatic carbocycles. The molecule has 1 heterocycles. The maximum atomic E-state index is 12.7. The highest BCUT2D eigenvalue weighted by molar-refractivity contribution is 6.05. The van der Waals surface area contributed by atoms with E-state index in [4.69, 9.17) is 5.26 Å². The molecule has 0 aliphatic rings. The van der Waals surface area contributed by atoms with Gasteiger partial charge in [-0.25, -0.2) is 4.68 Å². The van der Waals surface area contributed by atoms with Gasteiger partial charge in [0, 0.05) is 5.69 Å². The molecule has 0 spiro atoms. The molecule has 1 amide bonds. The maximum Gasteiger partial charge on any atom is 0.259 e. The first kappa shape index (κ1) is 16.5. The summed E-state index contributed by atoms with van der Waals surface area (Å²) in [7, 11) is 0. The summed E-state index contributed by atoms with van der Waals surface area (Å²) in [5, 5.41) is 16.2. The molecule has 0 unspecified atom stereocenters. The lowest BCUT2D eigenvalue weighted by molar-refractivity contribution is 0.102. The second-order valence-corrected chi connectivity index (χ2v) is 5.65. The van der Waals surface area contributed by atoms with Crippen LogP contribution in [0.25, 0.3) is 5.69 Å². The van der Waals surface area contributed by atoms with Crippen molar-refractivity contribution in [2.45, 2.75) is 19.8 Å². The molecule has 0 radical (unpaired) electrons. The first-order valence-corrected chi connectivity index (χ1v) is 8.16. The van der Waals surface area contributed by atoms with Gasteiger partial charge in [0.05, 0.1) is 34.8 Å². The molecule has 0 aliphatic carbocycles. The van der Waals surface area contributed by atoms with Crippen molar-refractivity contribution in [1.29, 1.82) is 5.26 Å². The summed E-state index contributed by atoms with van der Waals surface area (Å²) in [6.45, 7) is 2.07. The number of aromatic nitrogens is 2.